The standard InChI is InChI=1S/C27H26F3N3O9/c1-2-3-4-32-9-16(35)33(26(32)41)13-8-15(42-27(28,29)30)12-6-10-5-11-7-14(34)20(25(31)40)24(39)18(11)22(37)17(10)23(38)19(12)21(13)36/h8,10-11,18,36,38-39H,2-7,9H2,1H3,(H2,31,40). The van der Waals surface area contributed by atoms with Crippen molar-refractivity contribution in [2.75, 3.05) is 18.0 Å². The highest BCUT2D eigenvalue weighted by atomic mass is 19.4. The van der Waals surface area contributed by atoms with Crippen LogP contribution in [0.15, 0.2) is 23.0 Å². The lowest BCUT2D eigenvalue weighted by atomic mass is 9.61. The number of phenols is 1. The molecule has 1 saturated carbocycles. The minimum absolute atomic E-state index is 0.0550. The molecule has 12 nitrogen and oxygen atoms in total. The lowest BCUT2D eigenvalue weighted by Gasteiger charge is -2.41. The van der Waals surface area contributed by atoms with Crippen LogP contribution in [0.1, 0.15) is 43.7 Å². The van der Waals surface area contributed by atoms with Gasteiger partial charge in [0.2, 0.25) is 0 Å². The number of ketones is 2. The average molecular weight is 594 g/mol. The highest BCUT2D eigenvalue weighted by Crippen LogP contribution is 2.54. The summed E-state index contributed by atoms with van der Waals surface area (Å²) in [4.78, 5) is 65.3. The fourth-order valence-electron chi connectivity index (χ4n) is 6.36. The Labute approximate surface area is 235 Å². The fraction of sp³-hybridized carbons (Fsp3) is 0.444. The number of hydrogen-bond acceptors (Lipinski definition) is 9. The van der Waals surface area contributed by atoms with Gasteiger partial charge in [0.1, 0.15) is 29.4 Å². The molecule has 0 spiro atoms. The number of hydrogen-bond donors (Lipinski definition) is 4. The van der Waals surface area contributed by atoms with Crippen LogP contribution in [-0.2, 0) is 25.6 Å². The number of phenolic OH excluding ortho intramolecular Hbond substituents is 1. The molecule has 0 bridgehead atoms. The molecule has 2 fully saturated rings. The molecule has 1 saturated heterocycles. The van der Waals surface area contributed by atoms with Gasteiger partial charge in [-0.2, -0.15) is 0 Å². The van der Waals surface area contributed by atoms with Crippen LogP contribution in [0.2, 0.25) is 0 Å². The molecule has 224 valence electrons. The number of aliphatic hydroxyl groups is 2. The topological polar surface area (TPSA) is 188 Å². The lowest BCUT2D eigenvalue weighted by Crippen LogP contribution is -2.44. The number of allylic oxidation sites excluding steroid dienone is 2. The second kappa shape index (κ2) is 10.1. The molecule has 3 unspecified atom stereocenters. The number of carbonyl (C=O) groups is 5. The summed E-state index contributed by atoms with van der Waals surface area (Å²) in [6.45, 7) is 1.63. The number of halogens is 3. The second-order valence-corrected chi connectivity index (χ2v) is 10.7. The first-order valence-electron chi connectivity index (χ1n) is 13.2. The predicted octanol–water partition coefficient (Wildman–Crippen LogP) is 2.78. The van der Waals surface area contributed by atoms with Crippen molar-refractivity contribution in [1.29, 1.82) is 0 Å². The van der Waals surface area contributed by atoms with Crippen molar-refractivity contribution in [3.05, 3.63) is 34.1 Å². The van der Waals surface area contributed by atoms with Gasteiger partial charge in [-0.25, -0.2) is 9.69 Å². The number of carbonyl (C=O) groups excluding carboxylic acids is 5. The number of rotatable bonds is 6. The highest BCUT2D eigenvalue weighted by molar-refractivity contribution is 6.22. The Hall–Kier alpha value is -4.56. The molecule has 1 heterocycles. The summed E-state index contributed by atoms with van der Waals surface area (Å²) in [5, 5.41) is 33.2. The van der Waals surface area contributed by atoms with Crippen molar-refractivity contribution in [3.8, 4) is 11.5 Å². The van der Waals surface area contributed by atoms with E-state index in [1.54, 1.807) is 0 Å². The number of aromatic hydroxyl groups is 1. The quantitative estimate of drug-likeness (QED) is 0.284. The van der Waals surface area contributed by atoms with Crippen LogP contribution in [0.5, 0.6) is 11.5 Å². The maximum absolute atomic E-state index is 13.6. The van der Waals surface area contributed by atoms with E-state index in [1.165, 1.54) is 0 Å². The molecule has 1 aliphatic heterocycles. The number of alkyl halides is 3. The van der Waals surface area contributed by atoms with Gasteiger partial charge in [0.15, 0.2) is 17.3 Å². The van der Waals surface area contributed by atoms with E-state index >= 15 is 0 Å². The zero-order chi connectivity index (χ0) is 30.8. The zero-order valence-corrected chi connectivity index (χ0v) is 22.2. The summed E-state index contributed by atoms with van der Waals surface area (Å²) in [6.07, 6.45) is -4.80. The molecule has 3 atom stereocenters. The highest BCUT2D eigenvalue weighted by Gasteiger charge is 2.52. The van der Waals surface area contributed by atoms with Crippen molar-refractivity contribution in [2.45, 2.75) is 45.4 Å². The molecule has 4 amide bonds. The van der Waals surface area contributed by atoms with Crippen LogP contribution in [0.4, 0.5) is 23.7 Å². The molecule has 1 aromatic rings. The third-order valence-corrected chi connectivity index (χ3v) is 8.11. The lowest BCUT2D eigenvalue weighted by molar-refractivity contribution is -0.275. The van der Waals surface area contributed by atoms with Gasteiger partial charge in [-0.05, 0) is 31.1 Å². The maximum Gasteiger partial charge on any atom is 0.573 e. The first kappa shape index (κ1) is 29.0. The van der Waals surface area contributed by atoms with E-state index in [0.717, 1.165) is 4.90 Å². The van der Waals surface area contributed by atoms with E-state index in [1.807, 2.05) is 6.92 Å². The number of fused-ring (bicyclic) bond motifs is 3. The van der Waals surface area contributed by atoms with E-state index in [2.05, 4.69) is 4.74 Å². The molecule has 5 N–H and O–H groups in total. The number of amides is 4. The Morgan fingerprint density at radius 3 is 2.45 bits per heavy atom. The van der Waals surface area contributed by atoms with Gasteiger partial charge < -0.3 is 30.7 Å². The molecule has 0 radical (unpaired) electrons. The Morgan fingerprint density at radius 1 is 1.14 bits per heavy atom. The predicted molar refractivity (Wildman–Crippen MR) is 136 cm³/mol. The zero-order valence-electron chi connectivity index (χ0n) is 22.2. The number of aliphatic hydroxyl groups excluding tert-OH is 2. The van der Waals surface area contributed by atoms with E-state index < -0.39 is 99.9 Å². The largest absolute Gasteiger partial charge is 0.573 e. The van der Waals surface area contributed by atoms with Gasteiger partial charge in [-0.3, -0.25) is 19.2 Å². The van der Waals surface area contributed by atoms with Gasteiger partial charge in [-0.1, -0.05) is 13.3 Å². The van der Waals surface area contributed by atoms with Crippen molar-refractivity contribution in [2.24, 2.45) is 23.5 Å². The van der Waals surface area contributed by atoms with Crippen LogP contribution >= 0.6 is 0 Å². The molecule has 15 heteroatoms. The Morgan fingerprint density at radius 2 is 1.83 bits per heavy atom. The average Bonchev–Trinajstić information content (AvgIpc) is 3.15. The maximum atomic E-state index is 13.6. The van der Waals surface area contributed by atoms with Crippen molar-refractivity contribution < 1.29 is 57.2 Å². The van der Waals surface area contributed by atoms with E-state index in [9.17, 15) is 52.5 Å². The van der Waals surface area contributed by atoms with Crippen molar-refractivity contribution in [3.63, 3.8) is 0 Å². The van der Waals surface area contributed by atoms with Gasteiger partial charge >= 0.3 is 12.4 Å². The summed E-state index contributed by atoms with van der Waals surface area (Å²) in [7, 11) is 0. The summed E-state index contributed by atoms with van der Waals surface area (Å²) < 4.78 is 44.7. The van der Waals surface area contributed by atoms with Crippen LogP contribution in [0.3, 0.4) is 0 Å². The number of imide groups is 1. The summed E-state index contributed by atoms with van der Waals surface area (Å²) >= 11 is 0. The van der Waals surface area contributed by atoms with E-state index in [4.69, 9.17) is 5.73 Å². The smallest absolute Gasteiger partial charge is 0.511 e. The molecule has 5 rings (SSSR count). The molecule has 3 aliphatic carbocycles. The van der Waals surface area contributed by atoms with Gasteiger partial charge in [-0.15, -0.1) is 13.2 Å². The third kappa shape index (κ3) is 4.52. The summed E-state index contributed by atoms with van der Waals surface area (Å²) in [5.41, 5.74) is 2.43. The van der Waals surface area contributed by atoms with E-state index in [0.29, 0.717) is 23.8 Å². The first-order chi connectivity index (χ1) is 19.7. The monoisotopic (exact) mass is 593 g/mol. The van der Waals surface area contributed by atoms with Crippen molar-refractivity contribution >= 4 is 40.9 Å². The number of nitrogens with two attached hydrogens (primary N) is 1. The molecule has 1 aromatic carbocycles. The van der Waals surface area contributed by atoms with Crippen LogP contribution in [0, 0.1) is 17.8 Å². The molecular formula is C27H26F3N3O9. The number of anilines is 1. The first-order valence-corrected chi connectivity index (χ1v) is 13.2. The van der Waals surface area contributed by atoms with E-state index in [-0.39, 0.29) is 36.9 Å². The summed E-state index contributed by atoms with van der Waals surface area (Å²) in [5.74, 6) is -10.7. The number of primary amides is 1. The normalized spacial score (nSPS) is 24.2. The Kier molecular flexibility index (Phi) is 6.94. The van der Waals surface area contributed by atoms with Gasteiger partial charge in [0.05, 0.1) is 17.2 Å². The van der Waals surface area contributed by atoms with Crippen LogP contribution in [-0.4, -0.2) is 69.1 Å². The third-order valence-electron chi connectivity index (χ3n) is 8.11. The number of unbranched alkanes of at least 4 members (excludes halogenated alkanes) is 1. The Balaban J connectivity index is 1.67. The molecule has 0 aromatic heterocycles. The molecule has 42 heavy (non-hydrogen) atoms. The second-order valence-electron chi connectivity index (χ2n) is 10.7. The van der Waals surface area contributed by atoms with Crippen molar-refractivity contribution in [1.82, 2.24) is 4.90 Å². The SMILES string of the molecule is CCCCN1CC(=O)N(c2cc(OC(F)(F)F)c3c(c2O)C(O)=C2C(=O)C4C(O)=C(C(N)=O)C(=O)CC4CC2C3)C1=O. The molecule has 4 aliphatic rings. The molecular weight excluding hydrogens is 567 g/mol. The Bertz CT molecular complexity index is 1510. The number of urea groups is 1. The van der Waals surface area contributed by atoms with Crippen LogP contribution < -0.4 is 15.4 Å². The number of benzene rings is 1. The minimum Gasteiger partial charge on any atom is -0.511 e. The summed E-state index contributed by atoms with van der Waals surface area (Å²) in [6, 6.07) is -0.218. The number of ether oxygens (including phenoxy) is 1. The van der Waals surface area contributed by atoms with Gasteiger partial charge in [0.25, 0.3) is 11.8 Å². The van der Waals surface area contributed by atoms with Crippen LogP contribution in [0.25, 0.3) is 5.76 Å². The number of Topliss-reactive ketones (excluding diaryl/α,β-unsaturated/α-hetero) is 2. The number of nitrogens with zero attached hydrogens (tertiary/aromatic N) is 2. The van der Waals surface area contributed by atoms with Gasteiger partial charge in [0, 0.05) is 30.2 Å². The fourth-order valence-corrected chi connectivity index (χ4v) is 6.36. The minimum atomic E-state index is -5.25.